The smallest absolute Gasteiger partial charge is 0.319 e. The van der Waals surface area contributed by atoms with Crippen LogP contribution in [0.1, 0.15) is 6.92 Å². The first-order chi connectivity index (χ1) is 8.22. The first kappa shape index (κ1) is 11.9. The number of benzene rings is 2. The second-order valence-corrected chi connectivity index (χ2v) is 4.48. The van der Waals surface area contributed by atoms with Crippen molar-refractivity contribution in [2.75, 3.05) is 11.9 Å². The predicted molar refractivity (Wildman–Crippen MR) is 74.3 cm³/mol. The normalized spacial score (nSPS) is 10.2. The molecule has 0 radical (unpaired) electrons. The fourth-order valence-corrected chi connectivity index (χ4v) is 2.18. The lowest BCUT2D eigenvalue weighted by molar-refractivity contribution is 0.252. The average molecular weight is 293 g/mol. The highest BCUT2D eigenvalue weighted by Gasteiger charge is 2.06. The van der Waals surface area contributed by atoms with Crippen molar-refractivity contribution in [3.63, 3.8) is 0 Å². The Hall–Kier alpha value is -1.55. The molecule has 0 unspecified atom stereocenters. The van der Waals surface area contributed by atoms with Gasteiger partial charge in [-0.1, -0.05) is 40.2 Å². The number of fused-ring (bicyclic) bond motifs is 1. The van der Waals surface area contributed by atoms with Crippen molar-refractivity contribution >= 4 is 38.4 Å². The van der Waals surface area contributed by atoms with E-state index in [9.17, 15) is 4.79 Å². The summed E-state index contributed by atoms with van der Waals surface area (Å²) < 4.78 is 1.02. The molecule has 88 valence electrons. The number of carbonyl (C=O) groups is 1. The molecular weight excluding hydrogens is 280 g/mol. The van der Waals surface area contributed by atoms with Gasteiger partial charge < -0.3 is 10.6 Å². The zero-order chi connectivity index (χ0) is 12.3. The number of anilines is 1. The zero-order valence-corrected chi connectivity index (χ0v) is 11.0. The second kappa shape index (κ2) is 5.19. The van der Waals surface area contributed by atoms with E-state index in [1.807, 2.05) is 43.3 Å². The molecule has 0 spiro atoms. The molecule has 0 aromatic heterocycles. The molecule has 0 atom stereocenters. The highest BCUT2D eigenvalue weighted by atomic mass is 79.9. The van der Waals surface area contributed by atoms with Crippen LogP contribution in [0, 0.1) is 0 Å². The number of urea groups is 1. The Morgan fingerprint density at radius 1 is 1.18 bits per heavy atom. The minimum atomic E-state index is -0.181. The molecule has 0 bridgehead atoms. The van der Waals surface area contributed by atoms with Gasteiger partial charge in [0.2, 0.25) is 0 Å². The first-order valence-corrected chi connectivity index (χ1v) is 6.23. The number of carbonyl (C=O) groups excluding carboxylic acids is 1. The van der Waals surface area contributed by atoms with Gasteiger partial charge in [0.25, 0.3) is 0 Å². The summed E-state index contributed by atoms with van der Waals surface area (Å²) in [6.07, 6.45) is 0. The fourth-order valence-electron chi connectivity index (χ4n) is 1.70. The first-order valence-electron chi connectivity index (χ1n) is 5.44. The van der Waals surface area contributed by atoms with E-state index in [2.05, 4.69) is 26.6 Å². The van der Waals surface area contributed by atoms with E-state index in [0.29, 0.717) is 6.54 Å². The summed E-state index contributed by atoms with van der Waals surface area (Å²) in [7, 11) is 0. The third-order valence-corrected chi connectivity index (χ3v) is 3.15. The van der Waals surface area contributed by atoms with Crippen LogP contribution < -0.4 is 10.6 Å². The lowest BCUT2D eigenvalue weighted by Crippen LogP contribution is -2.28. The van der Waals surface area contributed by atoms with Gasteiger partial charge in [-0.3, -0.25) is 0 Å². The second-order valence-electron chi connectivity index (χ2n) is 3.62. The SMILES string of the molecule is CCNC(=O)Nc1ccc(Br)c2ccccc12. The molecule has 0 aliphatic heterocycles. The Morgan fingerprint density at radius 2 is 1.88 bits per heavy atom. The van der Waals surface area contributed by atoms with Gasteiger partial charge in [0, 0.05) is 16.4 Å². The number of amides is 2. The molecule has 2 N–H and O–H groups in total. The van der Waals surface area contributed by atoms with E-state index in [4.69, 9.17) is 0 Å². The van der Waals surface area contributed by atoms with Crippen LogP contribution in [-0.2, 0) is 0 Å². The van der Waals surface area contributed by atoms with Crippen LogP contribution in [0.25, 0.3) is 10.8 Å². The molecule has 3 nitrogen and oxygen atoms in total. The summed E-state index contributed by atoms with van der Waals surface area (Å²) in [6.45, 7) is 2.50. The minimum absolute atomic E-state index is 0.181. The van der Waals surface area contributed by atoms with Gasteiger partial charge in [-0.05, 0) is 24.4 Å². The molecule has 2 rings (SSSR count). The van der Waals surface area contributed by atoms with Crippen molar-refractivity contribution in [2.24, 2.45) is 0 Å². The summed E-state index contributed by atoms with van der Waals surface area (Å²) in [5.74, 6) is 0. The maximum absolute atomic E-state index is 11.5. The molecule has 4 heteroatoms. The lowest BCUT2D eigenvalue weighted by atomic mass is 10.1. The summed E-state index contributed by atoms with van der Waals surface area (Å²) in [5, 5.41) is 7.66. The van der Waals surface area contributed by atoms with E-state index >= 15 is 0 Å². The van der Waals surface area contributed by atoms with Crippen LogP contribution in [-0.4, -0.2) is 12.6 Å². The number of hydrogen-bond donors (Lipinski definition) is 2. The molecule has 0 saturated heterocycles. The number of halogens is 1. The van der Waals surface area contributed by atoms with Crippen molar-refractivity contribution < 1.29 is 4.79 Å². The molecule has 0 aliphatic rings. The fraction of sp³-hybridized carbons (Fsp3) is 0.154. The molecule has 0 fully saturated rings. The van der Waals surface area contributed by atoms with Gasteiger partial charge in [0.05, 0.1) is 5.69 Å². The van der Waals surface area contributed by atoms with Gasteiger partial charge in [0.1, 0.15) is 0 Å². The number of nitrogens with one attached hydrogen (secondary N) is 2. The highest BCUT2D eigenvalue weighted by Crippen LogP contribution is 2.29. The monoisotopic (exact) mass is 292 g/mol. The third kappa shape index (κ3) is 2.58. The minimum Gasteiger partial charge on any atom is -0.338 e. The van der Waals surface area contributed by atoms with Gasteiger partial charge in [0.15, 0.2) is 0 Å². The van der Waals surface area contributed by atoms with E-state index in [-0.39, 0.29) is 6.03 Å². The van der Waals surface area contributed by atoms with Gasteiger partial charge in [-0.2, -0.15) is 0 Å². The van der Waals surface area contributed by atoms with Crippen LogP contribution >= 0.6 is 15.9 Å². The molecule has 0 heterocycles. The molecule has 0 saturated carbocycles. The molecular formula is C13H13BrN2O. The maximum Gasteiger partial charge on any atom is 0.319 e. The Morgan fingerprint density at radius 3 is 2.59 bits per heavy atom. The average Bonchev–Trinajstić information content (AvgIpc) is 2.34. The van der Waals surface area contributed by atoms with Crippen molar-refractivity contribution in [3.8, 4) is 0 Å². The quantitative estimate of drug-likeness (QED) is 0.870. The van der Waals surface area contributed by atoms with E-state index in [0.717, 1.165) is 20.9 Å². The predicted octanol–water partition coefficient (Wildman–Crippen LogP) is 3.74. The van der Waals surface area contributed by atoms with E-state index < -0.39 is 0 Å². The van der Waals surface area contributed by atoms with E-state index in [1.165, 1.54) is 0 Å². The van der Waals surface area contributed by atoms with Crippen LogP contribution in [0.15, 0.2) is 40.9 Å². The Kier molecular flexibility index (Phi) is 3.64. The molecule has 17 heavy (non-hydrogen) atoms. The summed E-state index contributed by atoms with van der Waals surface area (Å²) >= 11 is 3.50. The Balaban J connectivity index is 2.41. The summed E-state index contributed by atoms with van der Waals surface area (Å²) in [5.41, 5.74) is 0.815. The maximum atomic E-state index is 11.5. The van der Waals surface area contributed by atoms with Crippen LogP contribution in [0.4, 0.5) is 10.5 Å². The van der Waals surface area contributed by atoms with Crippen molar-refractivity contribution in [1.29, 1.82) is 0 Å². The Bertz CT molecular complexity index is 554. The highest BCUT2D eigenvalue weighted by molar-refractivity contribution is 9.10. The summed E-state index contributed by atoms with van der Waals surface area (Å²) in [4.78, 5) is 11.5. The Labute approximate surface area is 108 Å². The van der Waals surface area contributed by atoms with Gasteiger partial charge >= 0.3 is 6.03 Å². The van der Waals surface area contributed by atoms with Gasteiger partial charge in [-0.25, -0.2) is 4.79 Å². The zero-order valence-electron chi connectivity index (χ0n) is 9.46. The lowest BCUT2D eigenvalue weighted by Gasteiger charge is -2.10. The van der Waals surface area contributed by atoms with Crippen molar-refractivity contribution in [2.45, 2.75) is 6.92 Å². The standard InChI is InChI=1S/C13H13BrN2O/c1-2-15-13(17)16-12-8-7-11(14)9-5-3-4-6-10(9)12/h3-8H,2H2,1H3,(H2,15,16,17). The topological polar surface area (TPSA) is 41.1 Å². The molecule has 2 amide bonds. The van der Waals surface area contributed by atoms with Crippen LogP contribution in [0.2, 0.25) is 0 Å². The summed E-state index contributed by atoms with van der Waals surface area (Å²) in [6, 6.07) is 11.6. The molecule has 2 aromatic rings. The number of hydrogen-bond acceptors (Lipinski definition) is 1. The third-order valence-electron chi connectivity index (χ3n) is 2.46. The van der Waals surface area contributed by atoms with Gasteiger partial charge in [-0.15, -0.1) is 0 Å². The van der Waals surface area contributed by atoms with E-state index in [1.54, 1.807) is 0 Å². The largest absolute Gasteiger partial charge is 0.338 e. The van der Waals surface area contributed by atoms with Crippen molar-refractivity contribution in [3.05, 3.63) is 40.9 Å². The van der Waals surface area contributed by atoms with Crippen molar-refractivity contribution in [1.82, 2.24) is 5.32 Å². The number of rotatable bonds is 2. The van der Waals surface area contributed by atoms with Crippen LogP contribution in [0.3, 0.4) is 0 Å². The molecule has 2 aromatic carbocycles. The molecule has 0 aliphatic carbocycles. The van der Waals surface area contributed by atoms with Crippen LogP contribution in [0.5, 0.6) is 0 Å².